The van der Waals surface area contributed by atoms with Crippen LogP contribution in [0.4, 0.5) is 5.69 Å². The summed E-state index contributed by atoms with van der Waals surface area (Å²) >= 11 is 1.36. The van der Waals surface area contributed by atoms with Gasteiger partial charge in [0.2, 0.25) is 0 Å². The molecule has 0 spiro atoms. The zero-order valence-electron chi connectivity index (χ0n) is 13.1. The van der Waals surface area contributed by atoms with Crippen LogP contribution >= 0.6 is 11.3 Å². The van der Waals surface area contributed by atoms with Gasteiger partial charge < -0.3 is 9.73 Å². The second-order valence-corrected chi connectivity index (χ2v) is 6.01. The molecule has 0 unspecified atom stereocenters. The topological polar surface area (TPSA) is 98.7 Å². The Hall–Kier alpha value is -3.33. The Morgan fingerprint density at radius 1 is 1.28 bits per heavy atom. The van der Waals surface area contributed by atoms with E-state index in [4.69, 9.17) is 4.42 Å². The van der Waals surface area contributed by atoms with E-state index in [1.54, 1.807) is 30.0 Å². The highest BCUT2D eigenvalue weighted by molar-refractivity contribution is 7.13. The molecule has 0 atom stereocenters. The summed E-state index contributed by atoms with van der Waals surface area (Å²) in [7, 11) is 0. The summed E-state index contributed by atoms with van der Waals surface area (Å²) in [5, 5.41) is 9.12. The average Bonchev–Trinajstić information content (AvgIpc) is 3.36. The first-order chi connectivity index (χ1) is 12.2. The van der Waals surface area contributed by atoms with Crippen LogP contribution in [0.15, 0.2) is 52.9 Å². The predicted molar refractivity (Wildman–Crippen MR) is 91.7 cm³/mol. The van der Waals surface area contributed by atoms with Crippen molar-refractivity contribution >= 4 is 22.9 Å². The van der Waals surface area contributed by atoms with Crippen LogP contribution in [0.5, 0.6) is 0 Å². The quantitative estimate of drug-likeness (QED) is 0.606. The van der Waals surface area contributed by atoms with E-state index in [1.807, 2.05) is 19.1 Å². The minimum atomic E-state index is -0.305. The number of aromatic nitrogens is 5. The highest BCUT2D eigenvalue weighted by Gasteiger charge is 2.14. The molecule has 124 valence electrons. The summed E-state index contributed by atoms with van der Waals surface area (Å²) in [4.78, 5) is 24.7. The fraction of sp³-hybridized carbons (Fsp3) is 0.0625. The Labute approximate surface area is 146 Å². The van der Waals surface area contributed by atoms with Crippen molar-refractivity contribution in [3.05, 3.63) is 60.0 Å². The standard InChI is InChI=1S/C16H12N6O2S/c1-10-2-4-13(24-10)16-21-12(7-25-16)15(23)20-11-3-5-14(18-6-11)22-9-17-8-19-22/h2-9H,1H3,(H,20,23). The zero-order chi connectivity index (χ0) is 17.2. The smallest absolute Gasteiger partial charge is 0.275 e. The molecule has 0 aliphatic carbocycles. The number of amides is 1. The Morgan fingerprint density at radius 3 is 2.88 bits per heavy atom. The predicted octanol–water partition coefficient (Wildman–Crippen LogP) is 2.94. The lowest BCUT2D eigenvalue weighted by molar-refractivity contribution is 0.102. The number of nitrogens with zero attached hydrogens (tertiary/aromatic N) is 5. The first-order valence-electron chi connectivity index (χ1n) is 7.34. The highest BCUT2D eigenvalue weighted by atomic mass is 32.1. The van der Waals surface area contributed by atoms with Crippen molar-refractivity contribution in [1.29, 1.82) is 0 Å². The summed E-state index contributed by atoms with van der Waals surface area (Å²) in [5.74, 6) is 1.76. The Bertz CT molecular complexity index is 1000. The molecule has 4 rings (SSSR count). The van der Waals surface area contributed by atoms with E-state index in [1.165, 1.54) is 22.3 Å². The van der Waals surface area contributed by atoms with Gasteiger partial charge in [-0.2, -0.15) is 5.10 Å². The third-order valence-corrected chi connectivity index (χ3v) is 4.20. The second kappa shape index (κ2) is 6.29. The minimum Gasteiger partial charge on any atom is -0.459 e. The molecule has 0 saturated carbocycles. The number of rotatable bonds is 4. The van der Waals surface area contributed by atoms with Crippen LogP contribution in [0.1, 0.15) is 16.2 Å². The van der Waals surface area contributed by atoms with E-state index < -0.39 is 0 Å². The van der Waals surface area contributed by atoms with Crippen molar-refractivity contribution in [2.75, 3.05) is 5.32 Å². The maximum atomic E-state index is 12.3. The summed E-state index contributed by atoms with van der Waals surface area (Å²) in [5.41, 5.74) is 0.895. The van der Waals surface area contributed by atoms with Gasteiger partial charge in [0, 0.05) is 5.38 Å². The van der Waals surface area contributed by atoms with Crippen molar-refractivity contribution in [1.82, 2.24) is 24.7 Å². The lowest BCUT2D eigenvalue weighted by Crippen LogP contribution is -2.12. The normalized spacial score (nSPS) is 10.8. The molecule has 0 bridgehead atoms. The molecular formula is C16H12N6O2S. The molecule has 9 heteroatoms. The largest absolute Gasteiger partial charge is 0.459 e. The number of hydrogen-bond acceptors (Lipinski definition) is 7. The first-order valence-corrected chi connectivity index (χ1v) is 8.22. The van der Waals surface area contributed by atoms with E-state index in [0.717, 1.165) is 5.76 Å². The molecule has 4 aromatic rings. The Balaban J connectivity index is 1.48. The lowest BCUT2D eigenvalue weighted by atomic mass is 10.3. The molecule has 0 aromatic carbocycles. The molecule has 8 nitrogen and oxygen atoms in total. The molecular weight excluding hydrogens is 340 g/mol. The molecule has 0 aliphatic heterocycles. The molecule has 1 N–H and O–H groups in total. The van der Waals surface area contributed by atoms with Crippen LogP contribution in [0.3, 0.4) is 0 Å². The number of carbonyl (C=O) groups is 1. The fourth-order valence-corrected chi connectivity index (χ4v) is 2.92. The number of thiazole rings is 1. The number of nitrogens with one attached hydrogen (secondary N) is 1. The van der Waals surface area contributed by atoms with Gasteiger partial charge in [-0.3, -0.25) is 4.79 Å². The number of anilines is 1. The summed E-state index contributed by atoms with van der Waals surface area (Å²) in [6, 6.07) is 7.18. The minimum absolute atomic E-state index is 0.305. The highest BCUT2D eigenvalue weighted by Crippen LogP contribution is 2.25. The number of carbonyl (C=O) groups excluding carboxylic acids is 1. The van der Waals surface area contributed by atoms with Gasteiger partial charge in [-0.25, -0.2) is 19.6 Å². The number of pyridine rings is 1. The van der Waals surface area contributed by atoms with E-state index in [-0.39, 0.29) is 5.91 Å². The third kappa shape index (κ3) is 3.17. The van der Waals surface area contributed by atoms with E-state index >= 15 is 0 Å². The summed E-state index contributed by atoms with van der Waals surface area (Å²) in [6.07, 6.45) is 4.53. The lowest BCUT2D eigenvalue weighted by Gasteiger charge is -2.04. The van der Waals surface area contributed by atoms with Gasteiger partial charge in [0.1, 0.15) is 24.1 Å². The van der Waals surface area contributed by atoms with Crippen LogP contribution < -0.4 is 5.32 Å². The van der Waals surface area contributed by atoms with E-state index in [9.17, 15) is 4.79 Å². The molecule has 1 amide bonds. The van der Waals surface area contributed by atoms with Gasteiger partial charge in [0.25, 0.3) is 5.91 Å². The molecule has 4 heterocycles. The van der Waals surface area contributed by atoms with Gasteiger partial charge in [0.15, 0.2) is 16.6 Å². The monoisotopic (exact) mass is 352 g/mol. The van der Waals surface area contributed by atoms with Crippen molar-refractivity contribution in [3.63, 3.8) is 0 Å². The zero-order valence-corrected chi connectivity index (χ0v) is 13.9. The maximum absolute atomic E-state index is 12.3. The number of hydrogen-bond donors (Lipinski definition) is 1. The molecule has 0 radical (unpaired) electrons. The molecule has 0 aliphatic rings. The van der Waals surface area contributed by atoms with Crippen LogP contribution in [-0.2, 0) is 0 Å². The third-order valence-electron chi connectivity index (χ3n) is 3.35. The second-order valence-electron chi connectivity index (χ2n) is 5.15. The van der Waals surface area contributed by atoms with Gasteiger partial charge in [-0.1, -0.05) is 0 Å². The number of aryl methyl sites for hydroxylation is 1. The van der Waals surface area contributed by atoms with E-state index in [2.05, 4.69) is 25.4 Å². The van der Waals surface area contributed by atoms with Crippen molar-refractivity contribution in [3.8, 4) is 16.6 Å². The molecule has 4 aromatic heterocycles. The van der Waals surface area contributed by atoms with Crippen LogP contribution in [0.25, 0.3) is 16.6 Å². The SMILES string of the molecule is Cc1ccc(-c2nc(C(=O)Nc3ccc(-n4cncn4)nc3)cs2)o1. The van der Waals surface area contributed by atoms with Crippen LogP contribution in [0, 0.1) is 6.92 Å². The van der Waals surface area contributed by atoms with Crippen molar-refractivity contribution < 1.29 is 9.21 Å². The van der Waals surface area contributed by atoms with Gasteiger partial charge in [-0.05, 0) is 31.2 Å². The molecule has 0 saturated heterocycles. The molecule has 0 fully saturated rings. The summed E-state index contributed by atoms with van der Waals surface area (Å²) in [6.45, 7) is 1.86. The van der Waals surface area contributed by atoms with Gasteiger partial charge in [-0.15, -0.1) is 11.3 Å². The van der Waals surface area contributed by atoms with Gasteiger partial charge >= 0.3 is 0 Å². The van der Waals surface area contributed by atoms with Crippen LogP contribution in [0.2, 0.25) is 0 Å². The fourth-order valence-electron chi connectivity index (χ4n) is 2.16. The van der Waals surface area contributed by atoms with Gasteiger partial charge in [0.05, 0.1) is 11.9 Å². The molecule has 25 heavy (non-hydrogen) atoms. The first kappa shape index (κ1) is 15.2. The van der Waals surface area contributed by atoms with Crippen molar-refractivity contribution in [2.24, 2.45) is 0 Å². The van der Waals surface area contributed by atoms with Crippen molar-refractivity contribution in [2.45, 2.75) is 6.92 Å². The Kier molecular flexibility index (Phi) is 3.82. The number of furan rings is 1. The summed E-state index contributed by atoms with van der Waals surface area (Å²) < 4.78 is 7.05. The van der Waals surface area contributed by atoms with E-state index in [0.29, 0.717) is 28.0 Å². The maximum Gasteiger partial charge on any atom is 0.275 e. The van der Waals surface area contributed by atoms with Crippen LogP contribution in [-0.4, -0.2) is 30.6 Å². The Morgan fingerprint density at radius 2 is 2.20 bits per heavy atom. The average molecular weight is 352 g/mol.